The van der Waals surface area contributed by atoms with Gasteiger partial charge in [0.2, 0.25) is 0 Å². The van der Waals surface area contributed by atoms with Gasteiger partial charge in [-0.3, -0.25) is 0 Å². The Bertz CT molecular complexity index is 356. The Labute approximate surface area is 83.2 Å². The number of nitriles is 2. The minimum atomic E-state index is 0.510. The number of unbranched alkanes of at least 4 members (excludes halogenated alkanes) is 1. The Kier molecular flexibility index (Phi) is 4.04. The van der Waals surface area contributed by atoms with Gasteiger partial charge in [-0.2, -0.15) is 10.5 Å². The minimum absolute atomic E-state index is 0.510. The van der Waals surface area contributed by atoms with Crippen LogP contribution in [-0.2, 0) is 0 Å². The van der Waals surface area contributed by atoms with Crippen molar-refractivity contribution in [3.05, 3.63) is 29.8 Å². The summed E-state index contributed by atoms with van der Waals surface area (Å²) in [7, 11) is 0. The summed E-state index contributed by atoms with van der Waals surface area (Å²) in [6.07, 6.45) is 1.24. The van der Waals surface area contributed by atoms with Crippen molar-refractivity contribution in [1.29, 1.82) is 10.5 Å². The number of benzene rings is 1. The third kappa shape index (κ3) is 3.16. The molecular formula is C11H10N2O. The molecule has 0 aliphatic carbocycles. The molecule has 70 valence electrons. The van der Waals surface area contributed by atoms with E-state index in [1.165, 1.54) is 0 Å². The van der Waals surface area contributed by atoms with E-state index in [0.29, 0.717) is 18.6 Å². The largest absolute Gasteiger partial charge is 0.494 e. The van der Waals surface area contributed by atoms with Crippen LogP contribution in [0.15, 0.2) is 24.3 Å². The third-order valence-electron chi connectivity index (χ3n) is 1.69. The molecule has 0 aliphatic rings. The molecule has 0 amide bonds. The molecule has 0 heterocycles. The summed E-state index contributed by atoms with van der Waals surface area (Å²) >= 11 is 0. The van der Waals surface area contributed by atoms with Crippen LogP contribution in [-0.4, -0.2) is 6.61 Å². The Balaban J connectivity index is 2.38. The highest BCUT2D eigenvalue weighted by Gasteiger charge is 1.93. The number of nitrogens with zero attached hydrogens (tertiary/aromatic N) is 2. The van der Waals surface area contributed by atoms with E-state index < -0.39 is 0 Å². The molecule has 1 aromatic rings. The van der Waals surface area contributed by atoms with Crippen LogP contribution >= 0.6 is 0 Å². The lowest BCUT2D eigenvalue weighted by atomic mass is 10.2. The molecule has 0 N–H and O–H groups in total. The van der Waals surface area contributed by atoms with E-state index in [-0.39, 0.29) is 0 Å². The molecule has 1 aromatic carbocycles. The van der Waals surface area contributed by atoms with Crippen LogP contribution in [0.4, 0.5) is 0 Å². The van der Waals surface area contributed by atoms with Gasteiger partial charge in [0.15, 0.2) is 0 Å². The standard InChI is InChI=1S/C11H10N2O/c12-7-1-2-8-14-11-5-3-10(9-13)4-6-11/h3-6H,1-2,8H2. The topological polar surface area (TPSA) is 56.8 Å². The van der Waals surface area contributed by atoms with E-state index in [4.69, 9.17) is 15.3 Å². The van der Waals surface area contributed by atoms with Crippen molar-refractivity contribution in [2.24, 2.45) is 0 Å². The molecule has 0 spiro atoms. The summed E-state index contributed by atoms with van der Waals surface area (Å²) in [6, 6.07) is 11.0. The van der Waals surface area contributed by atoms with Crippen LogP contribution in [0, 0.1) is 22.7 Å². The smallest absolute Gasteiger partial charge is 0.119 e. The van der Waals surface area contributed by atoms with Gasteiger partial charge in [-0.15, -0.1) is 0 Å². The fourth-order valence-corrected chi connectivity index (χ4v) is 0.967. The van der Waals surface area contributed by atoms with Crippen LogP contribution in [0.3, 0.4) is 0 Å². The lowest BCUT2D eigenvalue weighted by Gasteiger charge is -2.03. The van der Waals surface area contributed by atoms with Crippen molar-refractivity contribution >= 4 is 0 Å². The maximum Gasteiger partial charge on any atom is 0.119 e. The van der Waals surface area contributed by atoms with E-state index in [9.17, 15) is 0 Å². The van der Waals surface area contributed by atoms with Gasteiger partial charge in [0.25, 0.3) is 0 Å². The number of rotatable bonds is 4. The Morgan fingerprint density at radius 3 is 2.43 bits per heavy atom. The van der Waals surface area contributed by atoms with E-state index in [1.54, 1.807) is 24.3 Å². The van der Waals surface area contributed by atoms with Gasteiger partial charge in [-0.05, 0) is 30.7 Å². The van der Waals surface area contributed by atoms with Crippen molar-refractivity contribution in [3.8, 4) is 17.9 Å². The molecule has 0 saturated heterocycles. The second-order valence-electron chi connectivity index (χ2n) is 2.75. The molecule has 14 heavy (non-hydrogen) atoms. The van der Waals surface area contributed by atoms with Gasteiger partial charge >= 0.3 is 0 Å². The maximum absolute atomic E-state index is 8.55. The van der Waals surface area contributed by atoms with Gasteiger partial charge < -0.3 is 4.74 Å². The van der Waals surface area contributed by atoms with Crippen molar-refractivity contribution in [1.82, 2.24) is 0 Å². The molecule has 0 saturated carbocycles. The zero-order valence-electron chi connectivity index (χ0n) is 7.73. The first-order chi connectivity index (χ1) is 6.86. The Morgan fingerprint density at radius 1 is 1.14 bits per heavy atom. The second-order valence-corrected chi connectivity index (χ2v) is 2.75. The second kappa shape index (κ2) is 5.61. The van der Waals surface area contributed by atoms with E-state index in [0.717, 1.165) is 12.2 Å². The van der Waals surface area contributed by atoms with Crippen molar-refractivity contribution in [2.75, 3.05) is 6.61 Å². The third-order valence-corrected chi connectivity index (χ3v) is 1.69. The summed E-state index contributed by atoms with van der Waals surface area (Å²) < 4.78 is 5.35. The summed E-state index contributed by atoms with van der Waals surface area (Å²) in [4.78, 5) is 0. The Morgan fingerprint density at radius 2 is 1.86 bits per heavy atom. The number of hydrogen-bond acceptors (Lipinski definition) is 3. The lowest BCUT2D eigenvalue weighted by molar-refractivity contribution is 0.312. The summed E-state index contributed by atoms with van der Waals surface area (Å²) in [6.45, 7) is 0.541. The lowest BCUT2D eigenvalue weighted by Crippen LogP contribution is -1.96. The zero-order valence-corrected chi connectivity index (χ0v) is 7.73. The average molecular weight is 186 g/mol. The molecule has 0 unspecified atom stereocenters. The quantitative estimate of drug-likeness (QED) is 0.677. The molecule has 0 aromatic heterocycles. The molecule has 0 fully saturated rings. The Hall–Kier alpha value is -2.00. The fraction of sp³-hybridized carbons (Fsp3) is 0.273. The maximum atomic E-state index is 8.55. The molecule has 3 nitrogen and oxygen atoms in total. The first-order valence-corrected chi connectivity index (χ1v) is 4.36. The van der Waals surface area contributed by atoms with Gasteiger partial charge in [0, 0.05) is 6.42 Å². The van der Waals surface area contributed by atoms with Crippen LogP contribution in [0.2, 0.25) is 0 Å². The summed E-state index contributed by atoms with van der Waals surface area (Å²) in [5.74, 6) is 0.738. The number of ether oxygens (including phenoxy) is 1. The molecule has 1 rings (SSSR count). The zero-order chi connectivity index (χ0) is 10.2. The molecule has 0 aliphatic heterocycles. The fourth-order valence-electron chi connectivity index (χ4n) is 0.967. The first kappa shape index (κ1) is 10.1. The van der Waals surface area contributed by atoms with Crippen molar-refractivity contribution in [2.45, 2.75) is 12.8 Å². The predicted molar refractivity (Wildman–Crippen MR) is 51.5 cm³/mol. The van der Waals surface area contributed by atoms with Crippen LogP contribution in [0.25, 0.3) is 0 Å². The summed E-state index contributed by atoms with van der Waals surface area (Å²) in [5.41, 5.74) is 0.620. The normalized spacial score (nSPS) is 8.71. The highest BCUT2D eigenvalue weighted by atomic mass is 16.5. The monoisotopic (exact) mass is 186 g/mol. The summed E-state index contributed by atoms with van der Waals surface area (Å²) in [5, 5.41) is 16.8. The van der Waals surface area contributed by atoms with E-state index in [1.807, 2.05) is 12.1 Å². The first-order valence-electron chi connectivity index (χ1n) is 4.36. The predicted octanol–water partition coefficient (Wildman–Crippen LogP) is 2.24. The van der Waals surface area contributed by atoms with Crippen LogP contribution in [0.5, 0.6) is 5.75 Å². The highest BCUT2D eigenvalue weighted by Crippen LogP contribution is 2.11. The van der Waals surface area contributed by atoms with E-state index in [2.05, 4.69) is 0 Å². The van der Waals surface area contributed by atoms with Crippen LogP contribution < -0.4 is 4.74 Å². The van der Waals surface area contributed by atoms with Gasteiger partial charge in [0.1, 0.15) is 5.75 Å². The SMILES string of the molecule is N#CCCCOc1ccc(C#N)cc1. The number of hydrogen-bond donors (Lipinski definition) is 0. The molecule has 3 heteroatoms. The van der Waals surface area contributed by atoms with Gasteiger partial charge in [0.05, 0.1) is 24.3 Å². The average Bonchev–Trinajstić information content (AvgIpc) is 2.25. The van der Waals surface area contributed by atoms with Gasteiger partial charge in [-0.1, -0.05) is 0 Å². The molecular weight excluding hydrogens is 176 g/mol. The minimum Gasteiger partial charge on any atom is -0.494 e. The van der Waals surface area contributed by atoms with E-state index >= 15 is 0 Å². The highest BCUT2D eigenvalue weighted by molar-refractivity contribution is 5.34. The molecule has 0 bridgehead atoms. The molecule has 0 radical (unpaired) electrons. The van der Waals surface area contributed by atoms with Crippen LogP contribution in [0.1, 0.15) is 18.4 Å². The van der Waals surface area contributed by atoms with Crippen molar-refractivity contribution in [3.63, 3.8) is 0 Å². The van der Waals surface area contributed by atoms with Crippen molar-refractivity contribution < 1.29 is 4.74 Å². The van der Waals surface area contributed by atoms with Gasteiger partial charge in [-0.25, -0.2) is 0 Å². The molecule has 0 atom stereocenters.